The number of nitrogens with zero attached hydrogens (tertiary/aromatic N) is 2. The number of halogens is 1. The first-order chi connectivity index (χ1) is 11.1. The zero-order valence-corrected chi connectivity index (χ0v) is 15.1. The number of amides is 1. The minimum Gasteiger partial charge on any atom is -0.339 e. The van der Waals surface area contributed by atoms with Crippen LogP contribution in [0.4, 0.5) is 5.69 Å². The number of hydrogen-bond acceptors (Lipinski definition) is 4. The second kappa shape index (κ2) is 9.59. The minimum absolute atomic E-state index is 0. The van der Waals surface area contributed by atoms with E-state index in [-0.39, 0.29) is 24.0 Å². The summed E-state index contributed by atoms with van der Waals surface area (Å²) in [4.78, 5) is 25.1. The minimum atomic E-state index is -0.404. The average Bonchev–Trinajstić information content (AvgIpc) is 2.59. The first kappa shape index (κ1) is 20.4. The number of carbonyl (C=O) groups is 1. The Balaban J connectivity index is 0.00000288. The highest BCUT2D eigenvalue weighted by atomic mass is 35.5. The molecule has 1 saturated heterocycles. The maximum absolute atomic E-state index is 12.6. The molecule has 1 amide bonds. The van der Waals surface area contributed by atoms with E-state index >= 15 is 0 Å². The highest BCUT2D eigenvalue weighted by molar-refractivity contribution is 5.95. The fourth-order valence-electron chi connectivity index (χ4n) is 3.04. The monoisotopic (exact) mass is 355 g/mol. The third-order valence-electron chi connectivity index (χ3n) is 4.49. The van der Waals surface area contributed by atoms with Gasteiger partial charge in [0.1, 0.15) is 0 Å². The molecule has 1 fully saturated rings. The van der Waals surface area contributed by atoms with E-state index in [9.17, 15) is 14.9 Å². The van der Waals surface area contributed by atoms with E-state index in [4.69, 9.17) is 0 Å². The van der Waals surface area contributed by atoms with E-state index in [0.29, 0.717) is 23.5 Å². The van der Waals surface area contributed by atoms with Crippen LogP contribution in [0.15, 0.2) is 18.2 Å². The number of nitro groups is 1. The lowest BCUT2D eigenvalue weighted by atomic mass is 9.96. The first-order valence-corrected chi connectivity index (χ1v) is 8.34. The number of carbonyl (C=O) groups excluding carboxylic acids is 1. The lowest BCUT2D eigenvalue weighted by Gasteiger charge is -2.32. The molecule has 1 heterocycles. The summed E-state index contributed by atoms with van der Waals surface area (Å²) in [6.07, 6.45) is 2.54. The summed E-state index contributed by atoms with van der Waals surface area (Å²) in [5.41, 5.74) is 1.12. The molecular weight excluding hydrogens is 330 g/mol. The second-order valence-electron chi connectivity index (χ2n) is 6.00. The van der Waals surface area contributed by atoms with Gasteiger partial charge in [0.15, 0.2) is 0 Å². The van der Waals surface area contributed by atoms with Crippen molar-refractivity contribution in [2.24, 2.45) is 5.92 Å². The summed E-state index contributed by atoms with van der Waals surface area (Å²) >= 11 is 0. The molecule has 0 unspecified atom stereocenters. The molecule has 6 nitrogen and oxygen atoms in total. The van der Waals surface area contributed by atoms with Gasteiger partial charge in [0, 0.05) is 30.3 Å². The predicted octanol–water partition coefficient (Wildman–Crippen LogP) is 3.04. The van der Waals surface area contributed by atoms with Crippen molar-refractivity contribution in [2.45, 2.75) is 33.1 Å². The smallest absolute Gasteiger partial charge is 0.273 e. The van der Waals surface area contributed by atoms with E-state index in [1.54, 1.807) is 12.1 Å². The Morgan fingerprint density at radius 2 is 2.00 bits per heavy atom. The van der Waals surface area contributed by atoms with Gasteiger partial charge in [-0.3, -0.25) is 14.9 Å². The normalized spacial score (nSPS) is 15.0. The Kier molecular flexibility index (Phi) is 8.15. The molecule has 0 spiro atoms. The number of hydrogen-bond donors (Lipinski definition) is 1. The molecule has 1 aliphatic rings. The zero-order chi connectivity index (χ0) is 16.8. The molecule has 24 heavy (non-hydrogen) atoms. The summed E-state index contributed by atoms with van der Waals surface area (Å²) in [6.45, 7) is 7.36. The molecule has 0 aliphatic carbocycles. The van der Waals surface area contributed by atoms with Crippen molar-refractivity contribution in [1.82, 2.24) is 10.2 Å². The summed E-state index contributed by atoms with van der Waals surface area (Å²) in [5, 5.41) is 14.5. The Morgan fingerprint density at radius 1 is 1.33 bits per heavy atom. The van der Waals surface area contributed by atoms with E-state index < -0.39 is 4.92 Å². The fraction of sp³-hybridized carbons (Fsp3) is 0.588. The highest BCUT2D eigenvalue weighted by Crippen LogP contribution is 2.23. The number of piperidine rings is 1. The van der Waals surface area contributed by atoms with Crippen LogP contribution < -0.4 is 5.32 Å². The summed E-state index contributed by atoms with van der Waals surface area (Å²) < 4.78 is 0. The quantitative estimate of drug-likeness (QED) is 0.628. The fourth-order valence-corrected chi connectivity index (χ4v) is 3.04. The van der Waals surface area contributed by atoms with Crippen LogP contribution in [0.3, 0.4) is 0 Å². The van der Waals surface area contributed by atoms with Gasteiger partial charge >= 0.3 is 0 Å². The maximum Gasteiger partial charge on any atom is 0.273 e. The van der Waals surface area contributed by atoms with Crippen molar-refractivity contribution in [3.8, 4) is 0 Å². The molecule has 0 aromatic heterocycles. The van der Waals surface area contributed by atoms with Crippen LogP contribution in [0.2, 0.25) is 0 Å². The van der Waals surface area contributed by atoms with Crippen molar-refractivity contribution in [3.05, 3.63) is 39.4 Å². The highest BCUT2D eigenvalue weighted by Gasteiger charge is 2.25. The average molecular weight is 356 g/mol. The molecule has 1 N–H and O–H groups in total. The van der Waals surface area contributed by atoms with Gasteiger partial charge in [-0.05, 0) is 44.3 Å². The lowest BCUT2D eigenvalue weighted by Crippen LogP contribution is -2.40. The molecule has 0 atom stereocenters. The third-order valence-corrected chi connectivity index (χ3v) is 4.49. The van der Waals surface area contributed by atoms with Gasteiger partial charge in [0.2, 0.25) is 0 Å². The second-order valence-corrected chi connectivity index (χ2v) is 6.00. The van der Waals surface area contributed by atoms with Gasteiger partial charge in [0.05, 0.1) is 4.92 Å². The summed E-state index contributed by atoms with van der Waals surface area (Å²) in [6, 6.07) is 4.83. The van der Waals surface area contributed by atoms with E-state index in [2.05, 4.69) is 12.2 Å². The van der Waals surface area contributed by atoms with Crippen molar-refractivity contribution >= 4 is 24.0 Å². The van der Waals surface area contributed by atoms with Gasteiger partial charge in [-0.25, -0.2) is 0 Å². The van der Waals surface area contributed by atoms with Gasteiger partial charge in [-0.2, -0.15) is 0 Å². The number of rotatable bonds is 6. The maximum atomic E-state index is 12.6. The van der Waals surface area contributed by atoms with E-state index in [0.717, 1.165) is 39.0 Å². The van der Waals surface area contributed by atoms with Crippen LogP contribution in [0.25, 0.3) is 0 Å². The third kappa shape index (κ3) is 4.92. The largest absolute Gasteiger partial charge is 0.339 e. The van der Waals surface area contributed by atoms with Gasteiger partial charge in [-0.1, -0.05) is 19.9 Å². The van der Waals surface area contributed by atoms with Crippen LogP contribution in [-0.2, 0) is 6.42 Å². The Morgan fingerprint density at radius 3 is 2.54 bits per heavy atom. The van der Waals surface area contributed by atoms with Crippen molar-refractivity contribution in [2.75, 3.05) is 26.2 Å². The van der Waals surface area contributed by atoms with Crippen LogP contribution in [0.5, 0.6) is 0 Å². The Hall–Kier alpha value is -1.66. The number of aryl methyl sites for hydroxylation is 1. The van der Waals surface area contributed by atoms with Crippen molar-refractivity contribution in [1.29, 1.82) is 0 Å². The number of nitro benzene ring substituents is 1. The molecule has 1 aliphatic heterocycles. The first-order valence-electron chi connectivity index (χ1n) is 8.34. The van der Waals surface area contributed by atoms with Crippen LogP contribution in [0.1, 0.15) is 42.6 Å². The topological polar surface area (TPSA) is 75.5 Å². The molecule has 0 saturated carbocycles. The summed E-state index contributed by atoms with van der Waals surface area (Å²) in [7, 11) is 0. The lowest BCUT2D eigenvalue weighted by molar-refractivity contribution is -0.385. The van der Waals surface area contributed by atoms with Crippen LogP contribution in [-0.4, -0.2) is 41.9 Å². The van der Waals surface area contributed by atoms with Gasteiger partial charge in [0.25, 0.3) is 11.6 Å². The Bertz CT molecular complexity index is 572. The SMILES string of the molecule is CCNCC1CCN(C(=O)c2ccc(CC)c([N+](=O)[O-])c2)CC1.Cl. The van der Waals surface area contributed by atoms with Crippen molar-refractivity contribution < 1.29 is 9.72 Å². The van der Waals surface area contributed by atoms with Crippen LogP contribution in [0, 0.1) is 16.0 Å². The Labute approximate surface area is 149 Å². The molecular formula is C17H26ClN3O3. The predicted molar refractivity (Wildman–Crippen MR) is 96.9 cm³/mol. The molecule has 1 aromatic carbocycles. The number of nitrogens with one attached hydrogen (secondary N) is 1. The van der Waals surface area contributed by atoms with Crippen LogP contribution >= 0.6 is 12.4 Å². The molecule has 0 radical (unpaired) electrons. The molecule has 2 rings (SSSR count). The summed E-state index contributed by atoms with van der Waals surface area (Å²) in [5.74, 6) is 0.508. The van der Waals surface area contributed by atoms with E-state index in [1.807, 2.05) is 11.8 Å². The molecule has 7 heteroatoms. The van der Waals surface area contributed by atoms with E-state index in [1.165, 1.54) is 6.07 Å². The number of likely N-dealkylation sites (tertiary alicyclic amines) is 1. The van der Waals surface area contributed by atoms with Gasteiger partial charge < -0.3 is 10.2 Å². The standard InChI is InChI=1S/C17H25N3O3.ClH/c1-3-14-5-6-15(11-16(14)20(22)23)17(21)19-9-7-13(8-10-19)12-18-4-2;/h5-6,11,13,18H,3-4,7-10,12H2,1-2H3;1H. The molecule has 1 aromatic rings. The molecule has 0 bridgehead atoms. The van der Waals surface area contributed by atoms with Gasteiger partial charge in [-0.15, -0.1) is 12.4 Å². The number of benzene rings is 1. The molecule has 134 valence electrons. The van der Waals surface area contributed by atoms with Crippen molar-refractivity contribution in [3.63, 3.8) is 0 Å². The zero-order valence-electron chi connectivity index (χ0n) is 14.3.